The van der Waals surface area contributed by atoms with E-state index in [1.165, 1.54) is 103 Å². The van der Waals surface area contributed by atoms with E-state index in [-0.39, 0.29) is 0 Å². The van der Waals surface area contributed by atoms with Gasteiger partial charge in [-0.2, -0.15) is 0 Å². The maximum Gasteiger partial charge on any atom is 0.0739 e. The molecule has 2 aliphatic heterocycles. The number of rotatable bonds is 1. The van der Waals surface area contributed by atoms with E-state index >= 15 is 0 Å². The van der Waals surface area contributed by atoms with Gasteiger partial charge in [-0.15, -0.1) is 0 Å². The van der Waals surface area contributed by atoms with E-state index < -0.39 is 0 Å². The van der Waals surface area contributed by atoms with Gasteiger partial charge in [0.15, 0.2) is 0 Å². The van der Waals surface area contributed by atoms with Crippen LogP contribution in [-0.2, 0) is 4.74 Å². The first kappa shape index (κ1) is 16.1. The van der Waals surface area contributed by atoms with Crippen molar-refractivity contribution in [3.05, 3.63) is 0 Å². The van der Waals surface area contributed by atoms with Crippen LogP contribution < -0.4 is 5.32 Å². The van der Waals surface area contributed by atoms with Crippen LogP contribution in [0, 0.1) is 10.8 Å². The second-order valence-corrected chi connectivity index (χ2v) is 9.61. The van der Waals surface area contributed by atoms with Crippen molar-refractivity contribution in [1.29, 1.82) is 0 Å². The minimum absolute atomic E-state index is 0.528. The predicted molar refractivity (Wildman–Crippen MR) is 97.2 cm³/mol. The molecule has 24 heavy (non-hydrogen) atoms. The Morgan fingerprint density at radius 3 is 2.38 bits per heavy atom. The predicted octanol–water partition coefficient (Wildman–Crippen LogP) is 3.72. The molecular formula is C21H36N2O. The SMILES string of the molecule is C1CCC23CCCC(C2)OC2CC3(CC1)CCC2N1CCNCC1. The fourth-order valence-corrected chi connectivity index (χ4v) is 7.53. The zero-order valence-corrected chi connectivity index (χ0v) is 15.4. The van der Waals surface area contributed by atoms with E-state index in [4.69, 9.17) is 4.74 Å². The third kappa shape index (κ3) is 2.49. The molecular weight excluding hydrogens is 296 g/mol. The molecule has 0 aromatic heterocycles. The molecule has 5 rings (SSSR count). The Hall–Kier alpha value is -0.120. The molecule has 0 radical (unpaired) electrons. The van der Waals surface area contributed by atoms with E-state index in [9.17, 15) is 0 Å². The van der Waals surface area contributed by atoms with Gasteiger partial charge in [-0.3, -0.25) is 4.90 Å². The number of fused-ring (bicyclic) bond motifs is 2. The van der Waals surface area contributed by atoms with Crippen molar-refractivity contribution < 1.29 is 4.74 Å². The van der Waals surface area contributed by atoms with E-state index in [0.717, 1.165) is 0 Å². The van der Waals surface area contributed by atoms with Gasteiger partial charge < -0.3 is 10.1 Å². The highest BCUT2D eigenvalue weighted by atomic mass is 16.5. The van der Waals surface area contributed by atoms with E-state index in [1.807, 2.05) is 0 Å². The third-order valence-electron chi connectivity index (χ3n) is 8.66. The minimum atomic E-state index is 0.528. The normalized spacial score (nSPS) is 49.8. The minimum Gasteiger partial charge on any atom is -0.373 e. The molecule has 3 heteroatoms. The van der Waals surface area contributed by atoms with Gasteiger partial charge in [0.25, 0.3) is 0 Å². The summed E-state index contributed by atoms with van der Waals surface area (Å²) in [6.45, 7) is 4.80. The first-order chi connectivity index (χ1) is 11.8. The number of nitrogens with one attached hydrogen (secondary N) is 1. The fourth-order valence-electron chi connectivity index (χ4n) is 7.53. The first-order valence-corrected chi connectivity index (χ1v) is 10.9. The van der Waals surface area contributed by atoms with Gasteiger partial charge in [-0.05, 0) is 62.2 Å². The maximum absolute atomic E-state index is 6.88. The zero-order valence-electron chi connectivity index (χ0n) is 15.4. The van der Waals surface area contributed by atoms with Crippen LogP contribution >= 0.6 is 0 Å². The van der Waals surface area contributed by atoms with Crippen molar-refractivity contribution in [2.45, 2.75) is 95.3 Å². The number of hydrogen-bond acceptors (Lipinski definition) is 3. The van der Waals surface area contributed by atoms with Crippen LogP contribution in [0.4, 0.5) is 0 Å². The molecule has 5 unspecified atom stereocenters. The lowest BCUT2D eigenvalue weighted by Crippen LogP contribution is -2.57. The van der Waals surface area contributed by atoms with Gasteiger partial charge in [0, 0.05) is 32.2 Å². The van der Waals surface area contributed by atoms with E-state index in [2.05, 4.69) is 10.2 Å². The molecule has 2 saturated heterocycles. The lowest BCUT2D eigenvalue weighted by molar-refractivity contribution is -0.0882. The molecule has 3 saturated carbocycles. The Morgan fingerprint density at radius 2 is 1.54 bits per heavy atom. The van der Waals surface area contributed by atoms with Crippen molar-refractivity contribution in [3.8, 4) is 0 Å². The maximum atomic E-state index is 6.88. The molecule has 5 aliphatic rings. The van der Waals surface area contributed by atoms with Crippen molar-refractivity contribution in [3.63, 3.8) is 0 Å². The van der Waals surface area contributed by atoms with Crippen LogP contribution in [0.2, 0.25) is 0 Å². The summed E-state index contributed by atoms with van der Waals surface area (Å²) in [5.41, 5.74) is 1.28. The van der Waals surface area contributed by atoms with Crippen LogP contribution in [0.3, 0.4) is 0 Å². The number of hydrogen-bond donors (Lipinski definition) is 1. The summed E-state index contributed by atoms with van der Waals surface area (Å²) in [7, 11) is 0. The van der Waals surface area contributed by atoms with Crippen molar-refractivity contribution in [1.82, 2.24) is 10.2 Å². The second kappa shape index (κ2) is 6.25. The Morgan fingerprint density at radius 1 is 0.792 bits per heavy atom. The van der Waals surface area contributed by atoms with Gasteiger partial charge in [0.05, 0.1) is 12.2 Å². The number of piperazine rings is 1. The summed E-state index contributed by atoms with van der Waals surface area (Å²) in [6.07, 6.45) is 18.5. The highest BCUT2D eigenvalue weighted by Gasteiger charge is 2.59. The molecule has 4 bridgehead atoms. The summed E-state index contributed by atoms with van der Waals surface area (Å²) in [6, 6.07) is 0.706. The molecule has 136 valence electrons. The molecule has 3 nitrogen and oxygen atoms in total. The van der Waals surface area contributed by atoms with Crippen molar-refractivity contribution >= 4 is 0 Å². The van der Waals surface area contributed by atoms with Gasteiger partial charge in [0.1, 0.15) is 0 Å². The molecule has 2 spiro atoms. The molecule has 0 aromatic rings. The molecule has 1 N–H and O–H groups in total. The summed E-state index contributed by atoms with van der Waals surface area (Å²) in [5, 5.41) is 3.53. The van der Waals surface area contributed by atoms with Gasteiger partial charge in [-0.1, -0.05) is 25.7 Å². The second-order valence-electron chi connectivity index (χ2n) is 9.61. The summed E-state index contributed by atoms with van der Waals surface area (Å²) in [4.78, 5) is 2.77. The van der Waals surface area contributed by atoms with Gasteiger partial charge in [-0.25, -0.2) is 0 Å². The number of ether oxygens (including phenoxy) is 1. The summed E-state index contributed by atoms with van der Waals surface area (Å²) < 4.78 is 6.88. The van der Waals surface area contributed by atoms with Gasteiger partial charge in [0.2, 0.25) is 0 Å². The average molecular weight is 333 g/mol. The van der Waals surface area contributed by atoms with Crippen molar-refractivity contribution in [2.24, 2.45) is 10.8 Å². The molecule has 3 aliphatic carbocycles. The third-order valence-corrected chi connectivity index (χ3v) is 8.66. The summed E-state index contributed by atoms with van der Waals surface area (Å²) >= 11 is 0. The highest BCUT2D eigenvalue weighted by molar-refractivity contribution is 5.09. The highest BCUT2D eigenvalue weighted by Crippen LogP contribution is 2.65. The fraction of sp³-hybridized carbons (Fsp3) is 1.00. The first-order valence-electron chi connectivity index (χ1n) is 10.9. The molecule has 5 fully saturated rings. The molecule has 0 amide bonds. The smallest absolute Gasteiger partial charge is 0.0739 e. The number of nitrogens with zero attached hydrogens (tertiary/aromatic N) is 1. The molecule has 0 aromatic carbocycles. The van der Waals surface area contributed by atoms with Crippen LogP contribution in [-0.4, -0.2) is 49.3 Å². The lowest BCUT2D eigenvalue weighted by atomic mass is 9.50. The van der Waals surface area contributed by atoms with Crippen molar-refractivity contribution in [2.75, 3.05) is 26.2 Å². The Kier molecular flexibility index (Phi) is 4.18. The van der Waals surface area contributed by atoms with Gasteiger partial charge >= 0.3 is 0 Å². The van der Waals surface area contributed by atoms with Crippen LogP contribution in [0.5, 0.6) is 0 Å². The van der Waals surface area contributed by atoms with Crippen LogP contribution in [0.15, 0.2) is 0 Å². The quantitative estimate of drug-likeness (QED) is 0.792. The monoisotopic (exact) mass is 332 g/mol. The Balaban J connectivity index is 1.46. The zero-order chi connectivity index (χ0) is 16.0. The molecule has 2 heterocycles. The Bertz CT molecular complexity index is 463. The summed E-state index contributed by atoms with van der Waals surface area (Å²) in [5.74, 6) is 0. The van der Waals surface area contributed by atoms with Crippen LogP contribution in [0.1, 0.15) is 77.0 Å². The standard InChI is InChI=1S/C21H36N2O/c1-2-7-20-9-4-5-17(15-20)24-19-16-21(20,8-3-1)10-6-18(19)23-13-11-22-12-14-23/h17-19,22H,1-16H2. The Labute approximate surface area is 147 Å². The largest absolute Gasteiger partial charge is 0.373 e. The average Bonchev–Trinajstić information content (AvgIpc) is 2.80. The lowest BCUT2D eigenvalue weighted by Gasteiger charge is -2.55. The molecule has 5 atom stereocenters. The van der Waals surface area contributed by atoms with E-state index in [0.29, 0.717) is 29.1 Å². The van der Waals surface area contributed by atoms with Crippen LogP contribution in [0.25, 0.3) is 0 Å². The van der Waals surface area contributed by atoms with E-state index in [1.54, 1.807) is 0 Å². The topological polar surface area (TPSA) is 24.5 Å².